The lowest BCUT2D eigenvalue weighted by molar-refractivity contribution is -0.0512. The number of rotatable bonds is 13. The van der Waals surface area contributed by atoms with Crippen molar-refractivity contribution in [3.8, 4) is 11.5 Å². The van der Waals surface area contributed by atoms with Crippen molar-refractivity contribution in [2.45, 2.75) is 168 Å². The molecule has 4 nitrogen and oxygen atoms in total. The summed E-state index contributed by atoms with van der Waals surface area (Å²) >= 11 is 0. The summed E-state index contributed by atoms with van der Waals surface area (Å²) in [4.78, 5) is 0. The van der Waals surface area contributed by atoms with Crippen LogP contribution in [0.3, 0.4) is 0 Å². The highest BCUT2D eigenvalue weighted by Crippen LogP contribution is 2.31. The van der Waals surface area contributed by atoms with Gasteiger partial charge in [0.15, 0.2) is 11.5 Å². The highest BCUT2D eigenvalue weighted by molar-refractivity contribution is 5.43. The third kappa shape index (κ3) is 29.8. The molecule has 3 aromatic rings. The molecule has 1 aliphatic carbocycles. The Morgan fingerprint density at radius 3 is 1.50 bits per heavy atom. The van der Waals surface area contributed by atoms with Crippen LogP contribution in [0.5, 0.6) is 11.5 Å². The molecule has 0 saturated heterocycles. The second-order valence-electron chi connectivity index (χ2n) is 17.9. The first-order valence-corrected chi connectivity index (χ1v) is 21.7. The molecule has 332 valence electrons. The van der Waals surface area contributed by atoms with Gasteiger partial charge in [0.25, 0.3) is 0 Å². The van der Waals surface area contributed by atoms with Crippen molar-refractivity contribution in [3.05, 3.63) is 107 Å². The third-order valence-electron chi connectivity index (χ3n) is 8.97. The number of aryl methyl sites for hydroxylation is 1. The molecular formula is C52H86F2O4. The van der Waals surface area contributed by atoms with Gasteiger partial charge in [-0.05, 0) is 109 Å². The number of hydrogen-bond donors (Lipinski definition) is 0. The molecule has 0 spiro atoms. The Bertz CT molecular complexity index is 1440. The quantitative estimate of drug-likeness (QED) is 0.172. The van der Waals surface area contributed by atoms with Gasteiger partial charge < -0.3 is 18.6 Å². The standard InChI is InChI=1S/C11H14F2O2.C10H14.C9H20O.C8H12.C7H10O.C7H16/c1-7(2)8-4-5-9(15-11(12)13)10(6-8)14-3;1-8(2)10-6-4-9(3)5-7-10;1-7(2)6-10-9(5)8(3)4;1-7(2)8-5-3-4-6-8;1-6(2)7-4-3-5-8-7;1-6(2)5-7(3)4/h4-7,11H,1-3H3;4-8H,1-3H3;7-9H,6H2,1-5H3;3,5-7H,4H2,1-2H3;3-6H,1-2H3;6-7H,5H2,1-4H3. The number of methoxy groups -OCH3 is 1. The van der Waals surface area contributed by atoms with Gasteiger partial charge in [-0.2, -0.15) is 8.78 Å². The number of hydrogen-bond acceptors (Lipinski definition) is 4. The molecule has 0 fully saturated rings. The molecule has 1 unspecified atom stereocenters. The zero-order chi connectivity index (χ0) is 45.0. The van der Waals surface area contributed by atoms with Crippen LogP contribution >= 0.6 is 0 Å². The molecule has 0 saturated carbocycles. The lowest BCUT2D eigenvalue weighted by Crippen LogP contribution is -2.18. The molecule has 1 aromatic heterocycles. The molecule has 6 heteroatoms. The Labute approximate surface area is 356 Å². The van der Waals surface area contributed by atoms with E-state index in [4.69, 9.17) is 13.9 Å². The second kappa shape index (κ2) is 32.5. The Balaban J connectivity index is 0. The summed E-state index contributed by atoms with van der Waals surface area (Å²) in [5.74, 6) is 6.71. The van der Waals surface area contributed by atoms with E-state index in [2.05, 4.69) is 158 Å². The number of alkyl halides is 2. The molecule has 58 heavy (non-hydrogen) atoms. The summed E-state index contributed by atoms with van der Waals surface area (Å²) in [6.45, 7) is 37.2. The maximum absolute atomic E-state index is 12.0. The Kier molecular flexibility index (Phi) is 31.8. The first-order chi connectivity index (χ1) is 27.0. The molecule has 0 radical (unpaired) electrons. The number of benzene rings is 2. The molecule has 2 aromatic carbocycles. The zero-order valence-electron chi connectivity index (χ0n) is 40.3. The van der Waals surface area contributed by atoms with Crippen molar-refractivity contribution in [2.24, 2.45) is 29.6 Å². The van der Waals surface area contributed by atoms with E-state index < -0.39 is 6.61 Å². The van der Waals surface area contributed by atoms with Crippen LogP contribution in [0.4, 0.5) is 8.78 Å². The fourth-order valence-corrected chi connectivity index (χ4v) is 5.19. The molecule has 0 N–H and O–H groups in total. The number of halogens is 2. The summed E-state index contributed by atoms with van der Waals surface area (Å²) in [5, 5.41) is 0. The van der Waals surface area contributed by atoms with Crippen LogP contribution in [-0.4, -0.2) is 26.4 Å². The van der Waals surface area contributed by atoms with E-state index in [0.717, 1.165) is 36.2 Å². The molecule has 1 atom stereocenters. The lowest BCUT2D eigenvalue weighted by Gasteiger charge is -2.17. The van der Waals surface area contributed by atoms with Gasteiger partial charge in [-0.1, -0.05) is 165 Å². The SMILES string of the molecule is CC(C)C1=CCC=C1.CC(C)CC(C)C.CC(C)COC(C)C(C)C.CC(C)c1ccco1.COc1cc(C(C)C)ccc1OC(F)F.Cc1ccc(C(C)C)cc1. The van der Waals surface area contributed by atoms with Gasteiger partial charge in [-0.15, -0.1) is 0 Å². The minimum atomic E-state index is -2.83. The third-order valence-corrected chi connectivity index (χ3v) is 8.97. The van der Waals surface area contributed by atoms with Crippen molar-refractivity contribution in [3.63, 3.8) is 0 Å². The Morgan fingerprint density at radius 2 is 1.19 bits per heavy atom. The molecule has 0 aliphatic heterocycles. The normalized spacial score (nSPS) is 12.3. The Morgan fingerprint density at radius 1 is 0.638 bits per heavy atom. The fourth-order valence-electron chi connectivity index (χ4n) is 5.19. The number of allylic oxidation sites excluding steroid dienone is 4. The maximum atomic E-state index is 12.0. The second-order valence-corrected chi connectivity index (χ2v) is 17.9. The van der Waals surface area contributed by atoms with E-state index in [1.165, 1.54) is 36.3 Å². The summed E-state index contributed by atoms with van der Waals surface area (Å²) in [5.41, 5.74) is 5.27. The van der Waals surface area contributed by atoms with Gasteiger partial charge in [-0.25, -0.2) is 0 Å². The first-order valence-electron chi connectivity index (χ1n) is 21.7. The van der Waals surface area contributed by atoms with Crippen LogP contribution < -0.4 is 9.47 Å². The summed E-state index contributed by atoms with van der Waals surface area (Å²) in [6, 6.07) is 17.6. The first kappa shape index (κ1) is 56.7. The highest BCUT2D eigenvalue weighted by atomic mass is 19.3. The van der Waals surface area contributed by atoms with E-state index in [1.54, 1.807) is 18.4 Å². The molecule has 0 amide bonds. The van der Waals surface area contributed by atoms with Gasteiger partial charge in [0.2, 0.25) is 0 Å². The average Bonchev–Trinajstić information content (AvgIpc) is 3.88. The van der Waals surface area contributed by atoms with Crippen LogP contribution in [0, 0.1) is 36.5 Å². The Hall–Kier alpha value is -3.38. The van der Waals surface area contributed by atoms with Gasteiger partial charge in [0.1, 0.15) is 5.76 Å². The minimum Gasteiger partial charge on any atom is -0.493 e. The highest BCUT2D eigenvalue weighted by Gasteiger charge is 2.12. The van der Waals surface area contributed by atoms with Crippen molar-refractivity contribution in [1.82, 2.24) is 0 Å². The predicted octanol–water partition coefficient (Wildman–Crippen LogP) is 16.9. The zero-order valence-corrected chi connectivity index (χ0v) is 40.3. The van der Waals surface area contributed by atoms with Gasteiger partial charge in [0.05, 0.1) is 19.5 Å². The van der Waals surface area contributed by atoms with Gasteiger partial charge >= 0.3 is 6.61 Å². The van der Waals surface area contributed by atoms with Crippen molar-refractivity contribution >= 4 is 0 Å². The van der Waals surface area contributed by atoms with Crippen LogP contribution in [0.25, 0.3) is 0 Å². The average molecular weight is 813 g/mol. The van der Waals surface area contributed by atoms with Gasteiger partial charge in [-0.3, -0.25) is 0 Å². The predicted molar refractivity (Wildman–Crippen MR) is 248 cm³/mol. The molecular weight excluding hydrogens is 727 g/mol. The van der Waals surface area contributed by atoms with E-state index >= 15 is 0 Å². The molecule has 1 heterocycles. The van der Waals surface area contributed by atoms with Crippen LogP contribution in [-0.2, 0) is 4.74 Å². The van der Waals surface area contributed by atoms with Crippen molar-refractivity contribution < 1.29 is 27.4 Å². The smallest absolute Gasteiger partial charge is 0.387 e. The van der Waals surface area contributed by atoms with E-state index in [1.807, 2.05) is 26.0 Å². The van der Waals surface area contributed by atoms with E-state index in [9.17, 15) is 8.78 Å². The van der Waals surface area contributed by atoms with Crippen LogP contribution in [0.2, 0.25) is 0 Å². The lowest BCUT2D eigenvalue weighted by atomic mass is 10.0. The fraction of sp³-hybridized carbons (Fsp3) is 0.615. The number of furan rings is 1. The van der Waals surface area contributed by atoms with Crippen LogP contribution in [0.1, 0.15) is 171 Å². The van der Waals surface area contributed by atoms with Gasteiger partial charge in [0, 0.05) is 12.5 Å². The van der Waals surface area contributed by atoms with E-state index in [-0.39, 0.29) is 5.75 Å². The largest absolute Gasteiger partial charge is 0.493 e. The van der Waals surface area contributed by atoms with Crippen LogP contribution in [0.15, 0.2) is 89.1 Å². The molecule has 0 bridgehead atoms. The summed E-state index contributed by atoms with van der Waals surface area (Å²) in [6.07, 6.45) is 11.3. The van der Waals surface area contributed by atoms with Crippen molar-refractivity contribution in [2.75, 3.05) is 13.7 Å². The molecule has 4 rings (SSSR count). The summed E-state index contributed by atoms with van der Waals surface area (Å²) < 4.78 is 44.0. The maximum Gasteiger partial charge on any atom is 0.387 e. The number of ether oxygens (including phenoxy) is 3. The topological polar surface area (TPSA) is 40.8 Å². The minimum absolute atomic E-state index is 0.0666. The summed E-state index contributed by atoms with van der Waals surface area (Å²) in [7, 11) is 1.43. The van der Waals surface area contributed by atoms with E-state index in [0.29, 0.717) is 47.4 Å². The van der Waals surface area contributed by atoms with Crippen molar-refractivity contribution in [1.29, 1.82) is 0 Å². The molecule has 1 aliphatic rings. The monoisotopic (exact) mass is 813 g/mol.